The largest absolute Gasteiger partial charge is 0.493 e. The van der Waals surface area contributed by atoms with Crippen LogP contribution in [0, 0.1) is 0 Å². The molecule has 128 valence electrons. The fraction of sp³-hybridized carbons (Fsp3) is 0.444. The van der Waals surface area contributed by atoms with Crippen LogP contribution in [0.25, 0.3) is 0 Å². The highest BCUT2D eigenvalue weighted by Gasteiger charge is 2.26. The second-order valence-corrected chi connectivity index (χ2v) is 5.82. The van der Waals surface area contributed by atoms with Crippen molar-refractivity contribution >= 4 is 5.91 Å². The van der Waals surface area contributed by atoms with E-state index in [0.29, 0.717) is 31.8 Å². The summed E-state index contributed by atoms with van der Waals surface area (Å²) in [5, 5.41) is 13.9. The number of fused-ring (bicyclic) bond motifs is 1. The Balaban J connectivity index is 1.58. The summed E-state index contributed by atoms with van der Waals surface area (Å²) in [6, 6.07) is 9.50. The highest BCUT2D eigenvalue weighted by atomic mass is 16.5. The Morgan fingerprint density at radius 2 is 2.12 bits per heavy atom. The quantitative estimate of drug-likeness (QED) is 0.877. The summed E-state index contributed by atoms with van der Waals surface area (Å²) in [5.41, 5.74) is 2.83. The molecule has 1 aromatic heterocycles. The molecule has 1 aromatic carbocycles. The summed E-state index contributed by atoms with van der Waals surface area (Å²) >= 11 is 0. The van der Waals surface area contributed by atoms with E-state index < -0.39 is 0 Å². The minimum absolute atomic E-state index is 0.0738. The van der Waals surface area contributed by atoms with E-state index in [4.69, 9.17) is 4.74 Å². The van der Waals surface area contributed by atoms with Crippen molar-refractivity contribution in [3.8, 4) is 5.75 Å². The van der Waals surface area contributed by atoms with Crippen molar-refractivity contribution in [3.63, 3.8) is 0 Å². The Kier molecular flexibility index (Phi) is 5.15. The number of hydrogen-bond donors (Lipinski definition) is 1. The standard InChI is InChI=1S/C18H23N3O3/c1-2-21-17-8-10-20(12-15(17)16(13-22)19-21)18(23)9-11-24-14-6-4-3-5-7-14/h3-7,22H,2,8-13H2,1H3. The molecule has 1 N–H and O–H groups in total. The number of aliphatic hydroxyl groups excluding tert-OH is 1. The Bertz CT molecular complexity index is 697. The molecule has 1 aliphatic heterocycles. The molecule has 2 aromatic rings. The molecule has 24 heavy (non-hydrogen) atoms. The summed E-state index contributed by atoms with van der Waals surface area (Å²) in [4.78, 5) is 14.3. The van der Waals surface area contributed by atoms with Gasteiger partial charge in [-0.25, -0.2) is 0 Å². The number of nitrogens with zero attached hydrogens (tertiary/aromatic N) is 3. The Morgan fingerprint density at radius 3 is 2.83 bits per heavy atom. The molecule has 3 rings (SSSR count). The lowest BCUT2D eigenvalue weighted by Gasteiger charge is -2.28. The summed E-state index contributed by atoms with van der Waals surface area (Å²) < 4.78 is 7.53. The fourth-order valence-electron chi connectivity index (χ4n) is 3.09. The van der Waals surface area contributed by atoms with Crippen molar-refractivity contribution in [2.24, 2.45) is 0 Å². The van der Waals surface area contributed by atoms with Crippen LogP contribution < -0.4 is 4.74 Å². The second-order valence-electron chi connectivity index (χ2n) is 5.82. The predicted octanol–water partition coefficient (Wildman–Crippen LogP) is 1.75. The van der Waals surface area contributed by atoms with Gasteiger partial charge in [-0.05, 0) is 19.1 Å². The molecule has 0 radical (unpaired) electrons. The summed E-state index contributed by atoms with van der Waals surface area (Å²) in [7, 11) is 0. The van der Waals surface area contributed by atoms with Crippen LogP contribution in [0.1, 0.15) is 30.3 Å². The molecular formula is C18H23N3O3. The summed E-state index contributed by atoms with van der Waals surface area (Å²) in [6.07, 6.45) is 1.13. The lowest BCUT2D eigenvalue weighted by molar-refractivity contribution is -0.132. The van der Waals surface area contributed by atoms with Gasteiger partial charge in [-0.1, -0.05) is 18.2 Å². The van der Waals surface area contributed by atoms with Crippen molar-refractivity contribution in [2.75, 3.05) is 13.2 Å². The van der Waals surface area contributed by atoms with E-state index in [-0.39, 0.29) is 12.5 Å². The third-order valence-electron chi connectivity index (χ3n) is 4.35. The third-order valence-corrected chi connectivity index (χ3v) is 4.35. The number of hydrogen-bond acceptors (Lipinski definition) is 4. The van der Waals surface area contributed by atoms with Gasteiger partial charge in [0.2, 0.25) is 5.91 Å². The van der Waals surface area contributed by atoms with Crippen LogP contribution in [0.3, 0.4) is 0 Å². The average molecular weight is 329 g/mol. The van der Waals surface area contributed by atoms with Crippen LogP contribution in [0.15, 0.2) is 30.3 Å². The number of ether oxygens (including phenoxy) is 1. The molecule has 0 saturated heterocycles. The van der Waals surface area contributed by atoms with Gasteiger partial charge in [0.15, 0.2) is 0 Å². The number of aliphatic hydroxyl groups is 1. The first-order chi connectivity index (χ1) is 11.7. The van der Waals surface area contributed by atoms with Gasteiger partial charge in [-0.2, -0.15) is 5.10 Å². The van der Waals surface area contributed by atoms with Crippen LogP contribution in [0.5, 0.6) is 5.75 Å². The molecule has 0 bridgehead atoms. The van der Waals surface area contributed by atoms with Gasteiger partial charge in [0, 0.05) is 37.3 Å². The lowest BCUT2D eigenvalue weighted by atomic mass is 10.0. The van der Waals surface area contributed by atoms with Crippen molar-refractivity contribution < 1.29 is 14.6 Å². The molecule has 6 heteroatoms. The van der Waals surface area contributed by atoms with Gasteiger partial charge in [-0.15, -0.1) is 0 Å². The molecule has 0 aliphatic carbocycles. The second kappa shape index (κ2) is 7.49. The van der Waals surface area contributed by atoms with Gasteiger partial charge < -0.3 is 14.7 Å². The first-order valence-corrected chi connectivity index (χ1v) is 8.36. The molecule has 0 saturated carbocycles. The normalized spacial score (nSPS) is 13.7. The van der Waals surface area contributed by atoms with E-state index in [2.05, 4.69) is 5.10 Å². The molecule has 0 spiro atoms. The van der Waals surface area contributed by atoms with Crippen LogP contribution in [0.4, 0.5) is 0 Å². The maximum atomic E-state index is 12.4. The monoisotopic (exact) mass is 329 g/mol. The SMILES string of the molecule is CCn1nc(CO)c2c1CCN(C(=O)CCOc1ccccc1)C2. The molecule has 6 nitrogen and oxygen atoms in total. The first-order valence-electron chi connectivity index (χ1n) is 8.36. The molecule has 1 aliphatic rings. The van der Waals surface area contributed by atoms with Gasteiger partial charge in [-0.3, -0.25) is 9.48 Å². The Hall–Kier alpha value is -2.34. The minimum atomic E-state index is -0.0888. The number of aromatic nitrogens is 2. The smallest absolute Gasteiger partial charge is 0.226 e. The minimum Gasteiger partial charge on any atom is -0.493 e. The molecule has 0 atom stereocenters. The Morgan fingerprint density at radius 1 is 1.33 bits per heavy atom. The number of aryl methyl sites for hydroxylation is 1. The summed E-state index contributed by atoms with van der Waals surface area (Å²) in [5.74, 6) is 0.850. The maximum Gasteiger partial charge on any atom is 0.226 e. The van der Waals surface area contributed by atoms with Crippen molar-refractivity contribution in [2.45, 2.75) is 39.5 Å². The summed E-state index contributed by atoms with van der Waals surface area (Å²) in [6.45, 7) is 4.30. The van der Waals surface area contributed by atoms with Crippen LogP contribution in [0.2, 0.25) is 0 Å². The number of benzene rings is 1. The lowest BCUT2D eigenvalue weighted by Crippen LogP contribution is -2.37. The zero-order chi connectivity index (χ0) is 16.9. The third kappa shape index (κ3) is 3.43. The number of carbonyl (C=O) groups excluding carboxylic acids is 1. The molecular weight excluding hydrogens is 306 g/mol. The van der Waals surface area contributed by atoms with Crippen LogP contribution in [-0.2, 0) is 30.9 Å². The molecule has 1 amide bonds. The van der Waals surface area contributed by atoms with Gasteiger partial charge in [0.25, 0.3) is 0 Å². The van der Waals surface area contributed by atoms with Gasteiger partial charge in [0.05, 0.1) is 25.3 Å². The van der Waals surface area contributed by atoms with E-state index >= 15 is 0 Å². The number of para-hydroxylation sites is 1. The molecule has 0 fully saturated rings. The molecule has 0 unspecified atom stereocenters. The molecule has 2 heterocycles. The van der Waals surface area contributed by atoms with Crippen molar-refractivity contribution in [1.82, 2.24) is 14.7 Å². The number of carbonyl (C=O) groups is 1. The maximum absolute atomic E-state index is 12.4. The van der Waals surface area contributed by atoms with Crippen molar-refractivity contribution in [3.05, 3.63) is 47.3 Å². The number of amides is 1. The van der Waals surface area contributed by atoms with Gasteiger partial charge >= 0.3 is 0 Å². The fourth-order valence-corrected chi connectivity index (χ4v) is 3.09. The van der Waals surface area contributed by atoms with Crippen LogP contribution >= 0.6 is 0 Å². The zero-order valence-electron chi connectivity index (χ0n) is 13.9. The highest BCUT2D eigenvalue weighted by molar-refractivity contribution is 5.76. The van der Waals surface area contributed by atoms with Crippen molar-refractivity contribution in [1.29, 1.82) is 0 Å². The van der Waals surface area contributed by atoms with Crippen LogP contribution in [-0.4, -0.2) is 38.8 Å². The van der Waals surface area contributed by atoms with E-state index in [9.17, 15) is 9.90 Å². The van der Waals surface area contributed by atoms with E-state index in [0.717, 1.165) is 30.0 Å². The zero-order valence-corrected chi connectivity index (χ0v) is 13.9. The average Bonchev–Trinajstić information content (AvgIpc) is 2.99. The Labute approximate surface area is 141 Å². The highest BCUT2D eigenvalue weighted by Crippen LogP contribution is 2.23. The van der Waals surface area contributed by atoms with E-state index in [1.807, 2.05) is 46.8 Å². The van der Waals surface area contributed by atoms with E-state index in [1.54, 1.807) is 0 Å². The number of rotatable bonds is 6. The topological polar surface area (TPSA) is 67.6 Å². The van der Waals surface area contributed by atoms with E-state index in [1.165, 1.54) is 0 Å². The first kappa shape index (κ1) is 16.5. The van der Waals surface area contributed by atoms with Gasteiger partial charge in [0.1, 0.15) is 5.75 Å². The predicted molar refractivity (Wildman–Crippen MR) is 89.5 cm³/mol.